The number of aryl methyl sites for hydroxylation is 1. The van der Waals surface area contributed by atoms with Crippen LogP contribution >= 0.6 is 0 Å². The number of phenolic OH excluding ortho intramolecular Hbond substituents is 1. The van der Waals surface area contributed by atoms with E-state index in [4.69, 9.17) is 4.74 Å². The van der Waals surface area contributed by atoms with Crippen LogP contribution in [0.15, 0.2) is 60.2 Å². The van der Waals surface area contributed by atoms with E-state index in [1.165, 1.54) is 22.3 Å². The summed E-state index contributed by atoms with van der Waals surface area (Å²) in [5.74, 6) is 1.55. The molecule has 2 aromatic rings. The van der Waals surface area contributed by atoms with E-state index < -0.39 is 0 Å². The molecule has 2 aliphatic rings. The largest absolute Gasteiger partial charge is 0.508 e. The van der Waals surface area contributed by atoms with E-state index in [-0.39, 0.29) is 11.5 Å². The summed E-state index contributed by atoms with van der Waals surface area (Å²) in [6.45, 7) is 10.8. The highest BCUT2D eigenvalue weighted by Gasteiger charge is 2.37. The van der Waals surface area contributed by atoms with Gasteiger partial charge in [0.05, 0.1) is 0 Å². The number of aromatic hydroxyl groups is 1. The molecule has 0 bridgehead atoms. The topological polar surface area (TPSA) is 29.5 Å². The molecule has 0 aromatic heterocycles. The van der Waals surface area contributed by atoms with Gasteiger partial charge in [0, 0.05) is 11.1 Å². The minimum Gasteiger partial charge on any atom is -0.508 e. The van der Waals surface area contributed by atoms with Gasteiger partial charge >= 0.3 is 0 Å². The monoisotopic (exact) mass is 388 g/mol. The van der Waals surface area contributed by atoms with E-state index in [0.29, 0.717) is 5.75 Å². The van der Waals surface area contributed by atoms with Crippen LogP contribution in [0, 0.1) is 0 Å². The Morgan fingerprint density at radius 2 is 1.90 bits per heavy atom. The second-order valence-electron chi connectivity index (χ2n) is 9.11. The SMILES string of the molecule is C=C1CCCC2=C1c1cc(O)c(C(C)CCCc3ccccc3)cc1OC2(C)C. The first-order chi connectivity index (χ1) is 13.9. The number of hydrogen-bond acceptors (Lipinski definition) is 2. The van der Waals surface area contributed by atoms with E-state index in [1.54, 1.807) is 0 Å². The summed E-state index contributed by atoms with van der Waals surface area (Å²) in [6.07, 6.45) is 6.39. The molecule has 1 aliphatic heterocycles. The maximum absolute atomic E-state index is 10.9. The maximum Gasteiger partial charge on any atom is 0.129 e. The molecule has 1 heterocycles. The van der Waals surface area contributed by atoms with Crippen molar-refractivity contribution in [2.75, 3.05) is 0 Å². The molecule has 2 aromatic carbocycles. The molecule has 4 rings (SSSR count). The van der Waals surface area contributed by atoms with Gasteiger partial charge in [0.15, 0.2) is 0 Å². The van der Waals surface area contributed by atoms with Crippen molar-refractivity contribution in [3.05, 3.63) is 76.9 Å². The van der Waals surface area contributed by atoms with E-state index >= 15 is 0 Å². The number of rotatable bonds is 5. The summed E-state index contributed by atoms with van der Waals surface area (Å²) in [5.41, 5.74) is 6.77. The molecule has 2 nitrogen and oxygen atoms in total. The molecular weight excluding hydrogens is 356 g/mol. The molecule has 152 valence electrons. The Morgan fingerprint density at radius 3 is 2.66 bits per heavy atom. The van der Waals surface area contributed by atoms with Crippen molar-refractivity contribution in [2.45, 2.75) is 70.8 Å². The minimum absolute atomic E-state index is 0.278. The Morgan fingerprint density at radius 1 is 1.14 bits per heavy atom. The molecule has 0 saturated carbocycles. The van der Waals surface area contributed by atoms with Gasteiger partial charge < -0.3 is 9.84 Å². The average molecular weight is 389 g/mol. The van der Waals surface area contributed by atoms with Gasteiger partial charge in [-0.2, -0.15) is 0 Å². The van der Waals surface area contributed by atoms with Crippen LogP contribution in [0.4, 0.5) is 0 Å². The Balaban J connectivity index is 1.58. The fourth-order valence-corrected chi connectivity index (χ4v) is 4.90. The molecule has 0 fully saturated rings. The second-order valence-corrected chi connectivity index (χ2v) is 9.11. The predicted molar refractivity (Wildman–Crippen MR) is 121 cm³/mol. The molecule has 0 amide bonds. The van der Waals surface area contributed by atoms with Crippen LogP contribution in [0.2, 0.25) is 0 Å². The van der Waals surface area contributed by atoms with Crippen molar-refractivity contribution >= 4 is 5.57 Å². The molecule has 2 heteroatoms. The normalized spacial score (nSPS) is 18.7. The highest BCUT2D eigenvalue weighted by molar-refractivity contribution is 5.87. The summed E-state index contributed by atoms with van der Waals surface area (Å²) in [6, 6.07) is 14.6. The van der Waals surface area contributed by atoms with Crippen LogP contribution in [0.5, 0.6) is 11.5 Å². The number of allylic oxidation sites excluding steroid dienone is 2. The third kappa shape index (κ3) is 3.85. The minimum atomic E-state index is -0.323. The summed E-state index contributed by atoms with van der Waals surface area (Å²) in [7, 11) is 0. The fourth-order valence-electron chi connectivity index (χ4n) is 4.90. The first-order valence-corrected chi connectivity index (χ1v) is 10.9. The number of benzene rings is 2. The standard InChI is InChI=1S/C27H32O2/c1-18(10-8-14-20-12-6-5-7-13-20)21-17-25-22(16-24(21)28)26-19(2)11-9-15-23(26)27(3,4)29-25/h5-7,12-13,16-18,28H,2,8-11,14-15H2,1,3-4H3. The van der Waals surface area contributed by atoms with E-state index in [0.717, 1.165) is 55.4 Å². The van der Waals surface area contributed by atoms with Crippen molar-refractivity contribution in [1.82, 2.24) is 0 Å². The Bertz CT molecular complexity index is 950. The van der Waals surface area contributed by atoms with Gasteiger partial charge in [-0.05, 0) is 92.7 Å². The predicted octanol–water partition coefficient (Wildman–Crippen LogP) is 7.18. The zero-order valence-corrected chi connectivity index (χ0v) is 17.9. The first kappa shape index (κ1) is 19.8. The van der Waals surface area contributed by atoms with Crippen molar-refractivity contribution in [3.63, 3.8) is 0 Å². The summed E-state index contributed by atoms with van der Waals surface area (Å²) in [4.78, 5) is 0. The highest BCUT2D eigenvalue weighted by Crippen LogP contribution is 2.50. The maximum atomic E-state index is 10.9. The molecule has 0 spiro atoms. The molecule has 0 radical (unpaired) electrons. The molecule has 1 atom stereocenters. The zero-order chi connectivity index (χ0) is 20.6. The smallest absolute Gasteiger partial charge is 0.129 e. The van der Waals surface area contributed by atoms with Gasteiger partial charge in [-0.15, -0.1) is 0 Å². The van der Waals surface area contributed by atoms with Gasteiger partial charge in [-0.3, -0.25) is 0 Å². The summed E-state index contributed by atoms with van der Waals surface area (Å²) < 4.78 is 6.45. The van der Waals surface area contributed by atoms with Crippen LogP contribution in [-0.4, -0.2) is 10.7 Å². The Labute approximate surface area is 174 Å². The number of phenols is 1. The van der Waals surface area contributed by atoms with Crippen LogP contribution in [0.25, 0.3) is 5.57 Å². The van der Waals surface area contributed by atoms with Crippen molar-refractivity contribution in [1.29, 1.82) is 0 Å². The highest BCUT2D eigenvalue weighted by atomic mass is 16.5. The molecule has 1 aliphatic carbocycles. The number of fused-ring (bicyclic) bond motifs is 2. The van der Waals surface area contributed by atoms with Crippen LogP contribution in [0.1, 0.15) is 75.5 Å². The summed E-state index contributed by atoms with van der Waals surface area (Å²) >= 11 is 0. The van der Waals surface area contributed by atoms with E-state index in [9.17, 15) is 5.11 Å². The van der Waals surface area contributed by atoms with Gasteiger partial charge in [0.2, 0.25) is 0 Å². The van der Waals surface area contributed by atoms with Gasteiger partial charge in [0.1, 0.15) is 17.1 Å². The lowest BCUT2D eigenvalue weighted by molar-refractivity contribution is 0.138. The molecule has 29 heavy (non-hydrogen) atoms. The first-order valence-electron chi connectivity index (χ1n) is 10.9. The summed E-state index contributed by atoms with van der Waals surface area (Å²) in [5, 5.41) is 10.9. The van der Waals surface area contributed by atoms with Gasteiger partial charge in [-0.1, -0.05) is 43.8 Å². The Hall–Kier alpha value is -2.48. The van der Waals surface area contributed by atoms with Crippen LogP contribution in [-0.2, 0) is 6.42 Å². The zero-order valence-electron chi connectivity index (χ0n) is 17.9. The Kier molecular flexibility index (Phi) is 5.29. The van der Waals surface area contributed by atoms with E-state index in [2.05, 4.69) is 63.7 Å². The van der Waals surface area contributed by atoms with Crippen LogP contribution < -0.4 is 4.74 Å². The molecule has 1 unspecified atom stereocenters. The fraction of sp³-hybridized carbons (Fsp3) is 0.407. The van der Waals surface area contributed by atoms with Gasteiger partial charge in [-0.25, -0.2) is 0 Å². The molecule has 0 saturated heterocycles. The van der Waals surface area contributed by atoms with Gasteiger partial charge in [0.25, 0.3) is 0 Å². The van der Waals surface area contributed by atoms with E-state index in [1.807, 2.05) is 6.07 Å². The third-order valence-corrected chi connectivity index (χ3v) is 6.53. The molecule has 1 N–H and O–H groups in total. The lowest BCUT2D eigenvalue weighted by Crippen LogP contribution is -2.36. The lowest BCUT2D eigenvalue weighted by Gasteiger charge is -2.40. The third-order valence-electron chi connectivity index (χ3n) is 6.53. The average Bonchev–Trinajstić information content (AvgIpc) is 2.69. The second kappa shape index (κ2) is 7.74. The molecular formula is C27H32O2. The quantitative estimate of drug-likeness (QED) is 0.587. The van der Waals surface area contributed by atoms with Crippen molar-refractivity contribution in [3.8, 4) is 11.5 Å². The van der Waals surface area contributed by atoms with Crippen LogP contribution in [0.3, 0.4) is 0 Å². The van der Waals surface area contributed by atoms with Crippen molar-refractivity contribution in [2.24, 2.45) is 0 Å². The van der Waals surface area contributed by atoms with Crippen molar-refractivity contribution < 1.29 is 9.84 Å². The number of hydrogen-bond donors (Lipinski definition) is 1. The number of ether oxygens (including phenoxy) is 1. The lowest BCUT2D eigenvalue weighted by atomic mass is 9.75.